The maximum Gasteiger partial charge on any atom is 0.128 e. The summed E-state index contributed by atoms with van der Waals surface area (Å²) in [5.74, 6) is 0.869. The number of rotatable bonds is 1. The van der Waals surface area contributed by atoms with Crippen molar-refractivity contribution < 1.29 is 9.47 Å². The van der Waals surface area contributed by atoms with Crippen molar-refractivity contribution in [2.24, 2.45) is 0 Å². The summed E-state index contributed by atoms with van der Waals surface area (Å²) >= 11 is 0. The van der Waals surface area contributed by atoms with E-state index in [0.29, 0.717) is 0 Å². The third kappa shape index (κ3) is 0.780. The molecule has 3 rings (SSSR count). The number of pyridine rings is 1. The van der Waals surface area contributed by atoms with Crippen LogP contribution in [-0.4, -0.2) is 12.1 Å². The van der Waals surface area contributed by atoms with Crippen molar-refractivity contribution in [3.8, 4) is 5.75 Å². The molecule has 0 amide bonds. The second-order valence-electron chi connectivity index (χ2n) is 3.78. The average molecular weight is 189 g/mol. The van der Waals surface area contributed by atoms with Crippen LogP contribution < -0.4 is 4.74 Å². The fraction of sp³-hybridized carbons (Fsp3) is 0.364. The molecule has 72 valence electrons. The van der Waals surface area contributed by atoms with Crippen molar-refractivity contribution in [3.63, 3.8) is 0 Å². The largest absolute Gasteiger partial charge is 0.496 e. The summed E-state index contributed by atoms with van der Waals surface area (Å²) in [7, 11) is 1.67. The summed E-state index contributed by atoms with van der Waals surface area (Å²) in [4.78, 5) is 4.37. The van der Waals surface area contributed by atoms with E-state index < -0.39 is 0 Å². The molecule has 3 heterocycles. The molecule has 2 aliphatic rings. The Morgan fingerprint density at radius 3 is 3.21 bits per heavy atom. The van der Waals surface area contributed by atoms with Crippen LogP contribution in [0, 0.1) is 0 Å². The van der Waals surface area contributed by atoms with Gasteiger partial charge in [0.2, 0.25) is 0 Å². The van der Waals surface area contributed by atoms with Crippen LogP contribution in [0.5, 0.6) is 5.75 Å². The fourth-order valence-corrected chi connectivity index (χ4v) is 2.21. The summed E-state index contributed by atoms with van der Waals surface area (Å²) in [5.41, 5.74) is 1.73. The van der Waals surface area contributed by atoms with Gasteiger partial charge >= 0.3 is 0 Å². The monoisotopic (exact) mass is 189 g/mol. The van der Waals surface area contributed by atoms with Crippen LogP contribution in [0.1, 0.15) is 24.3 Å². The first kappa shape index (κ1) is 8.00. The highest BCUT2D eigenvalue weighted by atomic mass is 16.5. The molecule has 1 aromatic rings. The Balaban J connectivity index is 2.27. The van der Waals surface area contributed by atoms with E-state index in [4.69, 9.17) is 9.47 Å². The molecule has 0 aromatic carbocycles. The molecule has 14 heavy (non-hydrogen) atoms. The third-order valence-corrected chi connectivity index (χ3v) is 2.89. The lowest BCUT2D eigenvalue weighted by atomic mass is 9.93. The van der Waals surface area contributed by atoms with E-state index in [1.54, 1.807) is 13.3 Å². The van der Waals surface area contributed by atoms with Gasteiger partial charge < -0.3 is 9.47 Å². The summed E-state index contributed by atoms with van der Waals surface area (Å²) in [5, 5.41) is 0. The van der Waals surface area contributed by atoms with Gasteiger partial charge in [-0.2, -0.15) is 0 Å². The van der Waals surface area contributed by atoms with Crippen LogP contribution in [0.4, 0.5) is 0 Å². The third-order valence-electron chi connectivity index (χ3n) is 2.89. The molecule has 0 unspecified atom stereocenters. The van der Waals surface area contributed by atoms with Gasteiger partial charge in [0, 0.05) is 6.20 Å². The van der Waals surface area contributed by atoms with Crippen LogP contribution in [0.15, 0.2) is 24.4 Å². The van der Waals surface area contributed by atoms with Gasteiger partial charge in [-0.3, -0.25) is 4.98 Å². The molecule has 0 saturated heterocycles. The Morgan fingerprint density at radius 2 is 2.43 bits per heavy atom. The fourth-order valence-electron chi connectivity index (χ4n) is 2.21. The Morgan fingerprint density at radius 1 is 1.57 bits per heavy atom. The van der Waals surface area contributed by atoms with E-state index in [-0.39, 0.29) is 11.7 Å². The highest BCUT2D eigenvalue weighted by molar-refractivity contribution is 5.50. The lowest BCUT2D eigenvalue weighted by Crippen LogP contribution is -2.16. The van der Waals surface area contributed by atoms with Crippen LogP contribution in [0.2, 0.25) is 0 Å². The van der Waals surface area contributed by atoms with E-state index in [9.17, 15) is 0 Å². The second kappa shape index (κ2) is 2.36. The van der Waals surface area contributed by atoms with Crippen molar-refractivity contribution in [2.75, 3.05) is 7.11 Å². The van der Waals surface area contributed by atoms with Gasteiger partial charge in [0.25, 0.3) is 0 Å². The zero-order valence-corrected chi connectivity index (χ0v) is 8.15. The van der Waals surface area contributed by atoms with Crippen molar-refractivity contribution in [3.05, 3.63) is 35.7 Å². The number of hydrogen-bond acceptors (Lipinski definition) is 3. The minimum atomic E-state index is -0.339. The molecule has 2 atom stereocenters. The molecule has 0 N–H and O–H groups in total. The average Bonchev–Trinajstić information content (AvgIpc) is 2.72. The van der Waals surface area contributed by atoms with Crippen molar-refractivity contribution >= 4 is 0 Å². The van der Waals surface area contributed by atoms with E-state index in [1.807, 2.05) is 13.0 Å². The van der Waals surface area contributed by atoms with Gasteiger partial charge in [-0.05, 0) is 19.1 Å². The van der Waals surface area contributed by atoms with Crippen molar-refractivity contribution in [2.45, 2.75) is 18.6 Å². The number of fused-ring (bicyclic) bond motifs is 5. The van der Waals surface area contributed by atoms with Gasteiger partial charge in [0.1, 0.15) is 17.5 Å². The molecule has 3 heteroatoms. The number of hydrogen-bond donors (Lipinski definition) is 0. The summed E-state index contributed by atoms with van der Waals surface area (Å²) in [6.07, 6.45) is 5.92. The molecule has 3 nitrogen and oxygen atoms in total. The molecular formula is C11H11NO2. The van der Waals surface area contributed by atoms with E-state index >= 15 is 0 Å². The topological polar surface area (TPSA) is 31.4 Å². The lowest BCUT2D eigenvalue weighted by Gasteiger charge is -2.16. The molecule has 1 aromatic heterocycles. The Kier molecular flexibility index (Phi) is 1.35. The zero-order chi connectivity index (χ0) is 9.76. The summed E-state index contributed by atoms with van der Waals surface area (Å²) in [6, 6.07) is 1.88. The number of aromatic nitrogens is 1. The standard InChI is InChI=1S/C11H11NO2/c1-11-5-3-8(14-11)9-7(13-2)4-6-12-10(9)11/h3-6,8H,1-2H3/t8-,11+/m0/s1. The minimum Gasteiger partial charge on any atom is -0.496 e. The maximum absolute atomic E-state index is 5.82. The van der Waals surface area contributed by atoms with Crippen molar-refractivity contribution in [1.82, 2.24) is 4.98 Å². The molecule has 2 aliphatic heterocycles. The van der Waals surface area contributed by atoms with Crippen LogP contribution in [-0.2, 0) is 10.3 Å². The van der Waals surface area contributed by atoms with Gasteiger partial charge in [-0.1, -0.05) is 6.08 Å². The van der Waals surface area contributed by atoms with Crippen LogP contribution >= 0.6 is 0 Å². The number of nitrogens with zero attached hydrogens (tertiary/aromatic N) is 1. The zero-order valence-electron chi connectivity index (χ0n) is 8.15. The van der Waals surface area contributed by atoms with E-state index in [1.165, 1.54) is 0 Å². The molecule has 0 fully saturated rings. The molecule has 2 bridgehead atoms. The molecular weight excluding hydrogens is 178 g/mol. The van der Waals surface area contributed by atoms with E-state index in [2.05, 4.69) is 17.1 Å². The predicted molar refractivity (Wildman–Crippen MR) is 51.1 cm³/mol. The quantitative estimate of drug-likeness (QED) is 0.633. The molecule has 0 spiro atoms. The Labute approximate surface area is 82.4 Å². The molecule has 0 aliphatic carbocycles. The smallest absolute Gasteiger partial charge is 0.128 e. The molecule has 0 radical (unpaired) electrons. The van der Waals surface area contributed by atoms with Gasteiger partial charge in [0.15, 0.2) is 0 Å². The first-order valence-electron chi connectivity index (χ1n) is 4.65. The van der Waals surface area contributed by atoms with Crippen LogP contribution in [0.25, 0.3) is 0 Å². The highest BCUT2D eigenvalue weighted by Crippen LogP contribution is 2.51. The first-order chi connectivity index (χ1) is 6.74. The van der Waals surface area contributed by atoms with Gasteiger partial charge in [-0.15, -0.1) is 0 Å². The van der Waals surface area contributed by atoms with Crippen LogP contribution in [0.3, 0.4) is 0 Å². The normalized spacial score (nSPS) is 32.0. The summed E-state index contributed by atoms with van der Waals surface area (Å²) in [6.45, 7) is 2.03. The maximum atomic E-state index is 5.82. The predicted octanol–water partition coefficient (Wildman–Crippen LogP) is 1.95. The first-order valence-corrected chi connectivity index (χ1v) is 4.65. The minimum absolute atomic E-state index is 0.0265. The SMILES string of the molecule is COc1ccnc2c1[C@@H]1C=C[C@@]2(C)O1. The lowest BCUT2D eigenvalue weighted by molar-refractivity contribution is 0.00912. The Hall–Kier alpha value is -1.35. The van der Waals surface area contributed by atoms with Gasteiger partial charge in [0.05, 0.1) is 18.4 Å². The molecule has 0 saturated carbocycles. The second-order valence-corrected chi connectivity index (χ2v) is 3.78. The number of methoxy groups -OCH3 is 1. The highest BCUT2D eigenvalue weighted by Gasteiger charge is 2.46. The van der Waals surface area contributed by atoms with E-state index in [0.717, 1.165) is 17.0 Å². The Bertz CT molecular complexity index is 427. The number of ether oxygens (including phenoxy) is 2. The van der Waals surface area contributed by atoms with Crippen molar-refractivity contribution in [1.29, 1.82) is 0 Å². The van der Waals surface area contributed by atoms with Gasteiger partial charge in [-0.25, -0.2) is 0 Å². The summed E-state index contributed by atoms with van der Waals surface area (Å²) < 4.78 is 11.1.